The second-order valence-electron chi connectivity index (χ2n) is 8.04. The number of rotatable bonds is 20. The molecule has 152 valence electrons. The van der Waals surface area contributed by atoms with Gasteiger partial charge in [0.05, 0.1) is 0 Å². The Bertz CT molecular complexity index is 238. The highest BCUT2D eigenvalue weighted by molar-refractivity contribution is 4.77. The van der Waals surface area contributed by atoms with Gasteiger partial charge >= 0.3 is 0 Å². The van der Waals surface area contributed by atoms with Gasteiger partial charge in [-0.2, -0.15) is 0 Å². The zero-order valence-corrected chi connectivity index (χ0v) is 17.4. The lowest BCUT2D eigenvalue weighted by molar-refractivity contribution is -0.604. The average molecular weight is 358 g/mol. The standard InChI is InChI=1S/C22H47NO2/c1-3-5-7-9-11-13-15-17-19-22(24,21-23-25)20-18-16-14-12-10-8-6-4-2/h24H,3-21,23H2,1-2H3. The molecule has 0 aromatic rings. The Labute approximate surface area is 157 Å². The summed E-state index contributed by atoms with van der Waals surface area (Å²) in [6.45, 7) is 4.82. The molecule has 0 aliphatic rings. The van der Waals surface area contributed by atoms with Gasteiger partial charge in [-0.05, 0) is 12.8 Å². The van der Waals surface area contributed by atoms with E-state index in [0.717, 1.165) is 31.2 Å². The van der Waals surface area contributed by atoms with Gasteiger partial charge in [0.2, 0.25) is 0 Å². The second-order valence-corrected chi connectivity index (χ2v) is 8.04. The number of hydroxylamine groups is 1. The molecule has 0 atom stereocenters. The van der Waals surface area contributed by atoms with Crippen LogP contribution in [0.15, 0.2) is 0 Å². The minimum Gasteiger partial charge on any atom is -0.636 e. The number of unbranched alkanes of at least 4 members (excludes halogenated alkanes) is 14. The SMILES string of the molecule is CCCCCCCCCCC(O)(CCCCCCCCCC)C[NH2+][O-]. The van der Waals surface area contributed by atoms with Crippen LogP contribution in [-0.2, 0) is 0 Å². The van der Waals surface area contributed by atoms with Gasteiger partial charge in [-0.1, -0.05) is 117 Å². The van der Waals surface area contributed by atoms with Crippen LogP contribution in [0.2, 0.25) is 0 Å². The van der Waals surface area contributed by atoms with Gasteiger partial charge in [0.1, 0.15) is 12.1 Å². The highest BCUT2D eigenvalue weighted by atomic mass is 16.5. The van der Waals surface area contributed by atoms with Crippen molar-refractivity contribution >= 4 is 0 Å². The lowest BCUT2D eigenvalue weighted by Crippen LogP contribution is -2.82. The molecule has 0 bridgehead atoms. The summed E-state index contributed by atoms with van der Waals surface area (Å²) in [7, 11) is 0. The fourth-order valence-electron chi connectivity index (χ4n) is 3.66. The third kappa shape index (κ3) is 17.1. The Morgan fingerprint density at radius 3 is 1.24 bits per heavy atom. The quantitative estimate of drug-likeness (QED) is 0.212. The van der Waals surface area contributed by atoms with Crippen LogP contribution in [0.3, 0.4) is 0 Å². The Morgan fingerprint density at radius 2 is 0.920 bits per heavy atom. The van der Waals surface area contributed by atoms with E-state index < -0.39 is 5.60 Å². The van der Waals surface area contributed by atoms with E-state index in [1.807, 2.05) is 0 Å². The van der Waals surface area contributed by atoms with Gasteiger partial charge in [-0.3, -0.25) is 0 Å². The van der Waals surface area contributed by atoms with E-state index in [9.17, 15) is 10.3 Å². The molecule has 0 heterocycles. The maximum absolute atomic E-state index is 10.9. The number of hydrogen-bond acceptors (Lipinski definition) is 2. The number of nitrogens with two attached hydrogens (primary N) is 1. The molecule has 0 unspecified atom stereocenters. The summed E-state index contributed by atoms with van der Waals surface area (Å²) in [5.74, 6) is 0. The molecule has 0 radical (unpaired) electrons. The van der Waals surface area contributed by atoms with Crippen molar-refractivity contribution in [3.05, 3.63) is 5.21 Å². The third-order valence-electron chi connectivity index (χ3n) is 5.45. The summed E-state index contributed by atoms with van der Waals surface area (Å²) in [4.78, 5) is 0. The molecule has 3 N–H and O–H groups in total. The van der Waals surface area contributed by atoms with Crippen LogP contribution in [-0.4, -0.2) is 17.3 Å². The van der Waals surface area contributed by atoms with Crippen molar-refractivity contribution < 1.29 is 10.6 Å². The topological polar surface area (TPSA) is 59.9 Å². The molecule has 0 aromatic carbocycles. The summed E-state index contributed by atoms with van der Waals surface area (Å²) in [6.07, 6.45) is 22.1. The zero-order chi connectivity index (χ0) is 18.6. The van der Waals surface area contributed by atoms with Crippen LogP contribution in [0.5, 0.6) is 0 Å². The highest BCUT2D eigenvalue weighted by Gasteiger charge is 2.26. The Kier molecular flexibility index (Phi) is 18.6. The minimum absolute atomic E-state index is 0.319. The summed E-state index contributed by atoms with van der Waals surface area (Å²) in [6, 6.07) is 0. The van der Waals surface area contributed by atoms with E-state index in [4.69, 9.17) is 0 Å². The van der Waals surface area contributed by atoms with E-state index >= 15 is 0 Å². The van der Waals surface area contributed by atoms with Crippen LogP contribution in [0, 0.1) is 5.21 Å². The van der Waals surface area contributed by atoms with E-state index in [1.165, 1.54) is 89.9 Å². The first kappa shape index (κ1) is 24.9. The monoisotopic (exact) mass is 357 g/mol. The van der Waals surface area contributed by atoms with E-state index in [2.05, 4.69) is 13.8 Å². The van der Waals surface area contributed by atoms with Crippen molar-refractivity contribution in [3.8, 4) is 0 Å². The smallest absolute Gasteiger partial charge is 0.114 e. The summed E-state index contributed by atoms with van der Waals surface area (Å²) >= 11 is 0. The van der Waals surface area contributed by atoms with Crippen molar-refractivity contribution in [3.63, 3.8) is 0 Å². The second kappa shape index (κ2) is 18.7. The molecule has 0 aliphatic heterocycles. The Morgan fingerprint density at radius 1 is 0.600 bits per heavy atom. The Hall–Kier alpha value is -0.120. The summed E-state index contributed by atoms with van der Waals surface area (Å²) < 4.78 is 0. The van der Waals surface area contributed by atoms with E-state index in [-0.39, 0.29) is 0 Å². The Balaban J connectivity index is 3.66. The van der Waals surface area contributed by atoms with Crippen molar-refractivity contribution in [2.45, 2.75) is 135 Å². The van der Waals surface area contributed by atoms with Crippen LogP contribution in [0.4, 0.5) is 0 Å². The zero-order valence-electron chi connectivity index (χ0n) is 17.4. The lowest BCUT2D eigenvalue weighted by Gasteiger charge is -2.27. The normalized spacial score (nSPS) is 12.0. The van der Waals surface area contributed by atoms with Crippen LogP contribution in [0.25, 0.3) is 0 Å². The van der Waals surface area contributed by atoms with Crippen LogP contribution in [0.1, 0.15) is 129 Å². The maximum atomic E-state index is 10.9. The number of aliphatic hydroxyl groups is 1. The molecule has 3 nitrogen and oxygen atoms in total. The van der Waals surface area contributed by atoms with Gasteiger partial charge in [0, 0.05) is 0 Å². The lowest BCUT2D eigenvalue weighted by atomic mass is 9.89. The largest absolute Gasteiger partial charge is 0.636 e. The van der Waals surface area contributed by atoms with Gasteiger partial charge < -0.3 is 15.8 Å². The van der Waals surface area contributed by atoms with Gasteiger partial charge in [0.15, 0.2) is 0 Å². The molecule has 0 aromatic heterocycles. The third-order valence-corrected chi connectivity index (χ3v) is 5.45. The predicted octanol–water partition coefficient (Wildman–Crippen LogP) is 5.84. The fourth-order valence-corrected chi connectivity index (χ4v) is 3.66. The molecular formula is C22H47NO2. The van der Waals surface area contributed by atoms with Crippen LogP contribution >= 0.6 is 0 Å². The van der Waals surface area contributed by atoms with Gasteiger partial charge in [-0.25, -0.2) is 0 Å². The molecule has 0 spiro atoms. The van der Waals surface area contributed by atoms with E-state index in [0.29, 0.717) is 6.54 Å². The molecular weight excluding hydrogens is 310 g/mol. The first-order valence-corrected chi connectivity index (χ1v) is 11.3. The summed E-state index contributed by atoms with van der Waals surface area (Å²) in [5.41, 5.74) is 0.182. The van der Waals surface area contributed by atoms with Crippen LogP contribution < -0.4 is 5.48 Å². The molecule has 0 amide bonds. The maximum Gasteiger partial charge on any atom is 0.114 e. The van der Waals surface area contributed by atoms with Crippen molar-refractivity contribution in [2.24, 2.45) is 0 Å². The molecule has 0 aliphatic carbocycles. The van der Waals surface area contributed by atoms with Gasteiger partial charge in [-0.15, -0.1) is 0 Å². The molecule has 0 saturated carbocycles. The molecule has 3 heteroatoms. The van der Waals surface area contributed by atoms with Crippen molar-refractivity contribution in [1.82, 2.24) is 0 Å². The summed E-state index contributed by atoms with van der Waals surface area (Å²) in [5, 5.41) is 21.7. The van der Waals surface area contributed by atoms with Crippen molar-refractivity contribution in [2.75, 3.05) is 6.54 Å². The van der Waals surface area contributed by atoms with E-state index in [1.54, 1.807) is 0 Å². The van der Waals surface area contributed by atoms with Crippen molar-refractivity contribution in [1.29, 1.82) is 0 Å². The number of hydrogen-bond donors (Lipinski definition) is 2. The van der Waals surface area contributed by atoms with Gasteiger partial charge in [0.25, 0.3) is 0 Å². The molecule has 25 heavy (non-hydrogen) atoms. The highest BCUT2D eigenvalue weighted by Crippen LogP contribution is 2.22. The first-order valence-electron chi connectivity index (χ1n) is 11.3. The predicted molar refractivity (Wildman–Crippen MR) is 110 cm³/mol. The average Bonchev–Trinajstić information content (AvgIpc) is 2.60. The molecule has 0 saturated heterocycles. The number of quaternary nitrogens is 1. The minimum atomic E-state index is -0.730. The molecule has 0 fully saturated rings. The molecule has 0 rings (SSSR count). The first-order chi connectivity index (χ1) is 12.2. The fraction of sp³-hybridized carbons (Fsp3) is 1.00.